The Balaban J connectivity index is 1.84. The SMILES string of the molecule is Cc1cc(C(=O)N2C[C@@H]3CCC[C@@]3(C(=O)O)C2)ccc1Br. The fourth-order valence-corrected chi connectivity index (χ4v) is 4.00. The van der Waals surface area contributed by atoms with E-state index >= 15 is 0 Å². The third kappa shape index (κ3) is 2.27. The van der Waals surface area contributed by atoms with Gasteiger partial charge in [0.25, 0.3) is 5.91 Å². The van der Waals surface area contributed by atoms with Crippen molar-refractivity contribution in [3.8, 4) is 0 Å². The van der Waals surface area contributed by atoms with Crippen molar-refractivity contribution >= 4 is 27.8 Å². The first-order valence-electron chi connectivity index (χ1n) is 7.23. The maximum Gasteiger partial charge on any atom is 0.311 e. The predicted molar refractivity (Wildman–Crippen MR) is 82.2 cm³/mol. The molecule has 0 unspecified atom stereocenters. The van der Waals surface area contributed by atoms with Crippen LogP contribution in [0.5, 0.6) is 0 Å². The number of likely N-dealkylation sites (tertiary alicyclic amines) is 1. The number of amides is 1. The number of aryl methyl sites for hydroxylation is 1. The second kappa shape index (κ2) is 5.13. The van der Waals surface area contributed by atoms with E-state index < -0.39 is 11.4 Å². The van der Waals surface area contributed by atoms with Crippen LogP contribution in [0, 0.1) is 18.3 Å². The van der Waals surface area contributed by atoms with Crippen molar-refractivity contribution < 1.29 is 14.7 Å². The van der Waals surface area contributed by atoms with Crippen LogP contribution in [0.2, 0.25) is 0 Å². The third-order valence-corrected chi connectivity index (χ3v) is 5.88. The van der Waals surface area contributed by atoms with Crippen molar-refractivity contribution in [2.24, 2.45) is 11.3 Å². The Hall–Kier alpha value is -1.36. The Labute approximate surface area is 132 Å². The van der Waals surface area contributed by atoms with E-state index in [1.54, 1.807) is 11.0 Å². The molecule has 5 heteroatoms. The van der Waals surface area contributed by atoms with Gasteiger partial charge in [-0.05, 0) is 49.4 Å². The zero-order valence-corrected chi connectivity index (χ0v) is 13.5. The third-order valence-electron chi connectivity index (χ3n) is 4.99. The topological polar surface area (TPSA) is 57.6 Å². The summed E-state index contributed by atoms with van der Waals surface area (Å²) in [7, 11) is 0. The van der Waals surface area contributed by atoms with Gasteiger partial charge in [-0.25, -0.2) is 0 Å². The lowest BCUT2D eigenvalue weighted by atomic mass is 9.81. The summed E-state index contributed by atoms with van der Waals surface area (Å²) in [6, 6.07) is 5.52. The van der Waals surface area contributed by atoms with Crippen LogP contribution >= 0.6 is 15.9 Å². The summed E-state index contributed by atoms with van der Waals surface area (Å²) < 4.78 is 0.972. The van der Waals surface area contributed by atoms with E-state index in [2.05, 4.69) is 15.9 Å². The number of nitrogens with zero attached hydrogens (tertiary/aromatic N) is 1. The number of hydrogen-bond acceptors (Lipinski definition) is 2. The van der Waals surface area contributed by atoms with E-state index in [-0.39, 0.29) is 11.8 Å². The molecule has 1 saturated carbocycles. The van der Waals surface area contributed by atoms with Gasteiger partial charge in [0.05, 0.1) is 5.41 Å². The van der Waals surface area contributed by atoms with Gasteiger partial charge in [-0.1, -0.05) is 22.4 Å². The number of rotatable bonds is 2. The zero-order chi connectivity index (χ0) is 15.2. The number of hydrogen-bond donors (Lipinski definition) is 1. The number of halogens is 1. The summed E-state index contributed by atoms with van der Waals surface area (Å²) in [4.78, 5) is 26.0. The van der Waals surface area contributed by atoms with Crippen molar-refractivity contribution in [1.82, 2.24) is 4.90 Å². The highest BCUT2D eigenvalue weighted by Crippen LogP contribution is 2.49. The van der Waals surface area contributed by atoms with E-state index in [1.165, 1.54) is 0 Å². The van der Waals surface area contributed by atoms with Crippen molar-refractivity contribution in [2.75, 3.05) is 13.1 Å². The van der Waals surface area contributed by atoms with Crippen LogP contribution in [0.3, 0.4) is 0 Å². The molecule has 1 aliphatic carbocycles. The van der Waals surface area contributed by atoms with E-state index in [4.69, 9.17) is 0 Å². The average Bonchev–Trinajstić information content (AvgIpc) is 2.98. The fourth-order valence-electron chi connectivity index (χ4n) is 3.75. The van der Waals surface area contributed by atoms with E-state index in [0.29, 0.717) is 25.1 Å². The van der Waals surface area contributed by atoms with Crippen LogP contribution in [-0.2, 0) is 4.79 Å². The highest BCUT2D eigenvalue weighted by atomic mass is 79.9. The fraction of sp³-hybridized carbons (Fsp3) is 0.500. The van der Waals surface area contributed by atoms with Gasteiger partial charge < -0.3 is 10.0 Å². The summed E-state index contributed by atoms with van der Waals surface area (Å²) in [5, 5.41) is 9.58. The largest absolute Gasteiger partial charge is 0.481 e. The summed E-state index contributed by atoms with van der Waals surface area (Å²) in [6.45, 7) is 2.86. The lowest BCUT2D eigenvalue weighted by Gasteiger charge is -2.23. The molecule has 0 bridgehead atoms. The molecule has 0 radical (unpaired) electrons. The molecule has 1 amide bonds. The zero-order valence-electron chi connectivity index (χ0n) is 11.9. The van der Waals surface area contributed by atoms with Gasteiger partial charge in [-0.2, -0.15) is 0 Å². The first kappa shape index (κ1) is 14.6. The Morgan fingerprint density at radius 1 is 1.43 bits per heavy atom. The minimum absolute atomic E-state index is 0.0550. The lowest BCUT2D eigenvalue weighted by Crippen LogP contribution is -2.37. The monoisotopic (exact) mass is 351 g/mol. The molecule has 1 saturated heterocycles. The van der Waals surface area contributed by atoms with Crippen LogP contribution < -0.4 is 0 Å². The molecule has 4 nitrogen and oxygen atoms in total. The molecule has 1 aliphatic heterocycles. The van der Waals surface area contributed by atoms with Crippen molar-refractivity contribution in [3.05, 3.63) is 33.8 Å². The molecule has 1 aromatic carbocycles. The number of carbonyl (C=O) groups excluding carboxylic acids is 1. The van der Waals surface area contributed by atoms with Crippen molar-refractivity contribution in [3.63, 3.8) is 0 Å². The second-order valence-corrected chi connectivity index (χ2v) is 7.05. The minimum atomic E-state index is -0.743. The Morgan fingerprint density at radius 2 is 2.19 bits per heavy atom. The van der Waals surface area contributed by atoms with Crippen molar-refractivity contribution in [2.45, 2.75) is 26.2 Å². The van der Waals surface area contributed by atoms with E-state index in [0.717, 1.165) is 22.9 Å². The van der Waals surface area contributed by atoms with Crippen LogP contribution in [-0.4, -0.2) is 35.0 Å². The average molecular weight is 352 g/mol. The van der Waals surface area contributed by atoms with Gasteiger partial charge in [0.2, 0.25) is 0 Å². The quantitative estimate of drug-likeness (QED) is 0.890. The molecule has 21 heavy (non-hydrogen) atoms. The molecular formula is C16H18BrNO3. The summed E-state index contributed by atoms with van der Waals surface area (Å²) in [5.74, 6) is -0.691. The first-order chi connectivity index (χ1) is 9.94. The molecular weight excluding hydrogens is 334 g/mol. The number of carboxylic acid groups (broad SMARTS) is 1. The molecule has 1 heterocycles. The highest BCUT2D eigenvalue weighted by Gasteiger charge is 2.55. The molecule has 0 spiro atoms. The van der Waals surface area contributed by atoms with E-state index in [1.807, 2.05) is 19.1 Å². The molecule has 1 aromatic rings. The molecule has 112 valence electrons. The Kier molecular flexibility index (Phi) is 3.56. The van der Waals surface area contributed by atoms with Crippen LogP contribution in [0.4, 0.5) is 0 Å². The van der Waals surface area contributed by atoms with E-state index in [9.17, 15) is 14.7 Å². The standard InChI is InChI=1S/C16H18BrNO3/c1-10-7-11(4-5-13(10)17)14(19)18-8-12-3-2-6-16(12,9-18)15(20)21/h4-5,7,12H,2-3,6,8-9H2,1H3,(H,20,21)/t12-,16+/m0/s1. The van der Waals surface area contributed by atoms with Crippen LogP contribution in [0.25, 0.3) is 0 Å². The smallest absolute Gasteiger partial charge is 0.311 e. The number of aliphatic carboxylic acids is 1. The molecule has 2 atom stereocenters. The van der Waals surface area contributed by atoms with Gasteiger partial charge in [0.15, 0.2) is 0 Å². The molecule has 2 aliphatic rings. The van der Waals surface area contributed by atoms with Crippen LogP contribution in [0.15, 0.2) is 22.7 Å². The molecule has 3 rings (SSSR count). The number of benzene rings is 1. The number of carbonyl (C=O) groups is 2. The maximum atomic E-state index is 12.6. The maximum absolute atomic E-state index is 12.6. The van der Waals surface area contributed by atoms with Crippen molar-refractivity contribution in [1.29, 1.82) is 0 Å². The second-order valence-electron chi connectivity index (χ2n) is 6.20. The normalized spacial score (nSPS) is 27.7. The van der Waals surface area contributed by atoms with Gasteiger partial charge in [0.1, 0.15) is 0 Å². The predicted octanol–water partition coefficient (Wildman–Crippen LogP) is 3.08. The van der Waals surface area contributed by atoms with Gasteiger partial charge in [0, 0.05) is 23.1 Å². The Morgan fingerprint density at radius 3 is 2.81 bits per heavy atom. The van der Waals surface area contributed by atoms with Gasteiger partial charge >= 0.3 is 5.97 Å². The van der Waals surface area contributed by atoms with Crippen LogP contribution in [0.1, 0.15) is 35.2 Å². The number of carboxylic acids is 1. The molecule has 0 aromatic heterocycles. The first-order valence-corrected chi connectivity index (χ1v) is 8.02. The summed E-state index contributed by atoms with van der Waals surface area (Å²) >= 11 is 3.43. The number of fused-ring (bicyclic) bond motifs is 1. The lowest BCUT2D eigenvalue weighted by molar-refractivity contribution is -0.149. The summed E-state index contributed by atoms with van der Waals surface area (Å²) in [6.07, 6.45) is 2.56. The molecule has 2 fully saturated rings. The highest BCUT2D eigenvalue weighted by molar-refractivity contribution is 9.10. The molecule has 1 N–H and O–H groups in total. The Bertz CT molecular complexity index is 616. The van der Waals surface area contributed by atoms with Gasteiger partial charge in [-0.15, -0.1) is 0 Å². The summed E-state index contributed by atoms with van der Waals surface area (Å²) in [5.41, 5.74) is 0.935. The van der Waals surface area contributed by atoms with Gasteiger partial charge in [-0.3, -0.25) is 9.59 Å². The minimum Gasteiger partial charge on any atom is -0.481 e.